The van der Waals surface area contributed by atoms with Crippen LogP contribution in [0.1, 0.15) is 22.4 Å². The number of nitrogens with zero attached hydrogens (tertiary/aromatic N) is 2. The largest absolute Gasteiger partial charge is 0.496 e. The van der Waals surface area contributed by atoms with Gasteiger partial charge in [0.1, 0.15) is 5.75 Å². The van der Waals surface area contributed by atoms with Gasteiger partial charge in [-0.15, -0.1) is 0 Å². The minimum Gasteiger partial charge on any atom is -0.496 e. The summed E-state index contributed by atoms with van der Waals surface area (Å²) < 4.78 is 5.44. The monoisotopic (exact) mass is 484 g/mol. The number of carbonyl (C=O) groups is 1. The molecule has 0 fully saturated rings. The molecule has 2 heterocycles. The van der Waals surface area contributed by atoms with Gasteiger partial charge >= 0.3 is 0 Å². The Hall–Kier alpha value is -2.81. The molecule has 2 N–H and O–H groups in total. The Bertz CT molecular complexity index is 1230. The van der Waals surface area contributed by atoms with Gasteiger partial charge in [-0.05, 0) is 30.7 Å². The summed E-state index contributed by atoms with van der Waals surface area (Å²) in [5.74, 6) is 0.787. The molecule has 1 aromatic heterocycles. The van der Waals surface area contributed by atoms with Crippen LogP contribution in [0.25, 0.3) is 0 Å². The molecule has 33 heavy (non-hydrogen) atoms. The zero-order chi connectivity index (χ0) is 23.4. The standard InChI is InChI=1S/C24H25ClN4O3S/c1-15-7-8-17(25)11-20(15)26-22(30)14-33-24-27-19-9-10-29(13-18(19)23(31)28-24)12-16-5-3-4-6-21(16)32-2/h3-8,11H,9-10,12-14H2,1-2H3,(H,26,30)(H,27,28,31). The molecule has 0 unspecified atom stereocenters. The van der Waals surface area contributed by atoms with E-state index in [1.807, 2.05) is 37.3 Å². The maximum atomic E-state index is 12.7. The van der Waals surface area contributed by atoms with Crippen LogP contribution in [-0.2, 0) is 24.3 Å². The van der Waals surface area contributed by atoms with Crippen LogP contribution < -0.4 is 15.6 Å². The normalized spacial score (nSPS) is 13.4. The van der Waals surface area contributed by atoms with Gasteiger partial charge in [0.2, 0.25) is 5.91 Å². The van der Waals surface area contributed by atoms with Crippen molar-refractivity contribution in [3.05, 3.63) is 80.2 Å². The highest BCUT2D eigenvalue weighted by molar-refractivity contribution is 7.99. The summed E-state index contributed by atoms with van der Waals surface area (Å²) in [7, 11) is 1.66. The SMILES string of the molecule is COc1ccccc1CN1CCc2nc(SCC(=O)Nc3cc(Cl)ccc3C)[nH]c(=O)c2C1. The van der Waals surface area contributed by atoms with E-state index in [-0.39, 0.29) is 17.2 Å². The van der Waals surface area contributed by atoms with Gasteiger partial charge in [-0.1, -0.05) is 47.6 Å². The average Bonchev–Trinajstić information content (AvgIpc) is 2.81. The van der Waals surface area contributed by atoms with Crippen LogP contribution in [0.3, 0.4) is 0 Å². The van der Waals surface area contributed by atoms with Gasteiger partial charge in [0.25, 0.3) is 5.56 Å². The van der Waals surface area contributed by atoms with E-state index >= 15 is 0 Å². The molecule has 1 amide bonds. The first-order valence-electron chi connectivity index (χ1n) is 10.6. The summed E-state index contributed by atoms with van der Waals surface area (Å²) >= 11 is 7.22. The predicted molar refractivity (Wildman–Crippen MR) is 131 cm³/mol. The van der Waals surface area contributed by atoms with Crippen molar-refractivity contribution in [2.24, 2.45) is 0 Å². The van der Waals surface area contributed by atoms with Crippen molar-refractivity contribution in [2.45, 2.75) is 31.6 Å². The van der Waals surface area contributed by atoms with E-state index < -0.39 is 0 Å². The summed E-state index contributed by atoms with van der Waals surface area (Å²) in [6.07, 6.45) is 0.676. The minimum atomic E-state index is -0.186. The lowest BCUT2D eigenvalue weighted by molar-refractivity contribution is -0.113. The number of anilines is 1. The molecule has 172 valence electrons. The number of aromatic amines is 1. The van der Waals surface area contributed by atoms with Gasteiger partial charge < -0.3 is 15.0 Å². The number of benzene rings is 2. The van der Waals surface area contributed by atoms with Crippen LogP contribution in [0, 0.1) is 6.92 Å². The van der Waals surface area contributed by atoms with Gasteiger partial charge in [-0.2, -0.15) is 0 Å². The number of aromatic nitrogens is 2. The molecule has 0 saturated carbocycles. The Morgan fingerprint density at radius 2 is 2.12 bits per heavy atom. The zero-order valence-corrected chi connectivity index (χ0v) is 20.1. The van der Waals surface area contributed by atoms with E-state index in [4.69, 9.17) is 16.3 Å². The van der Waals surface area contributed by atoms with Crippen LogP contribution >= 0.6 is 23.4 Å². The van der Waals surface area contributed by atoms with Crippen LogP contribution in [0.2, 0.25) is 5.02 Å². The second kappa shape index (κ2) is 10.4. The van der Waals surface area contributed by atoms with Crippen LogP contribution in [0.15, 0.2) is 52.4 Å². The molecule has 0 spiro atoms. The second-order valence-electron chi connectivity index (χ2n) is 7.86. The van der Waals surface area contributed by atoms with E-state index in [0.29, 0.717) is 40.9 Å². The summed E-state index contributed by atoms with van der Waals surface area (Å²) in [4.78, 5) is 34.8. The fraction of sp³-hybridized carbons (Fsp3) is 0.292. The highest BCUT2D eigenvalue weighted by atomic mass is 35.5. The Morgan fingerprint density at radius 3 is 2.94 bits per heavy atom. The number of methoxy groups -OCH3 is 1. The number of amides is 1. The van der Waals surface area contributed by atoms with Gasteiger partial charge in [0, 0.05) is 42.3 Å². The molecule has 0 atom stereocenters. The molecule has 2 aromatic carbocycles. The topological polar surface area (TPSA) is 87.3 Å². The molecule has 1 aliphatic heterocycles. The molecule has 0 radical (unpaired) electrons. The molecule has 7 nitrogen and oxygen atoms in total. The predicted octanol–water partition coefficient (Wildman–Crippen LogP) is 4.03. The molecule has 0 aliphatic carbocycles. The number of aryl methyl sites for hydroxylation is 1. The van der Waals surface area contributed by atoms with Crippen molar-refractivity contribution >= 4 is 35.0 Å². The quantitative estimate of drug-likeness (QED) is 0.389. The lowest BCUT2D eigenvalue weighted by Gasteiger charge is -2.28. The third kappa shape index (κ3) is 5.76. The number of fused-ring (bicyclic) bond motifs is 1. The van der Waals surface area contributed by atoms with E-state index in [1.165, 1.54) is 11.8 Å². The Morgan fingerprint density at radius 1 is 1.30 bits per heavy atom. The van der Waals surface area contributed by atoms with E-state index in [2.05, 4.69) is 20.2 Å². The van der Waals surface area contributed by atoms with Gasteiger partial charge in [-0.25, -0.2) is 4.98 Å². The number of ether oxygens (including phenoxy) is 1. The van der Waals surface area contributed by atoms with Gasteiger partial charge in [-0.3, -0.25) is 14.5 Å². The molecule has 0 bridgehead atoms. The molecule has 0 saturated heterocycles. The molecular formula is C24H25ClN4O3S. The highest BCUT2D eigenvalue weighted by Crippen LogP contribution is 2.24. The summed E-state index contributed by atoms with van der Waals surface area (Å²) in [6.45, 7) is 3.91. The lowest BCUT2D eigenvalue weighted by atomic mass is 10.1. The number of halogens is 1. The lowest BCUT2D eigenvalue weighted by Crippen LogP contribution is -2.35. The van der Waals surface area contributed by atoms with Crippen molar-refractivity contribution < 1.29 is 9.53 Å². The third-order valence-electron chi connectivity index (χ3n) is 5.53. The number of H-pyrrole nitrogens is 1. The molecular weight excluding hydrogens is 460 g/mol. The van der Waals surface area contributed by atoms with Crippen molar-refractivity contribution in [3.8, 4) is 5.75 Å². The van der Waals surface area contributed by atoms with Crippen molar-refractivity contribution in [1.82, 2.24) is 14.9 Å². The van der Waals surface area contributed by atoms with Crippen molar-refractivity contribution in [2.75, 3.05) is 24.7 Å². The Balaban J connectivity index is 1.39. The third-order valence-corrected chi connectivity index (χ3v) is 6.63. The van der Waals surface area contributed by atoms with E-state index in [9.17, 15) is 9.59 Å². The summed E-state index contributed by atoms with van der Waals surface area (Å²) in [5, 5.41) is 3.87. The second-order valence-corrected chi connectivity index (χ2v) is 9.27. The number of nitrogens with one attached hydrogen (secondary N) is 2. The number of rotatable bonds is 7. The van der Waals surface area contributed by atoms with Crippen LogP contribution in [0.4, 0.5) is 5.69 Å². The number of carbonyl (C=O) groups excluding carboxylic acids is 1. The molecule has 9 heteroatoms. The highest BCUT2D eigenvalue weighted by Gasteiger charge is 2.22. The minimum absolute atomic E-state index is 0.133. The number of hydrogen-bond donors (Lipinski definition) is 2. The first-order chi connectivity index (χ1) is 15.9. The Labute approximate surface area is 201 Å². The maximum Gasteiger partial charge on any atom is 0.256 e. The maximum absolute atomic E-state index is 12.7. The van der Waals surface area contributed by atoms with E-state index in [1.54, 1.807) is 19.2 Å². The number of hydrogen-bond acceptors (Lipinski definition) is 6. The average molecular weight is 485 g/mol. The Kier molecular flexibility index (Phi) is 7.37. The zero-order valence-electron chi connectivity index (χ0n) is 18.5. The fourth-order valence-corrected chi connectivity index (χ4v) is 4.64. The molecule has 1 aliphatic rings. The molecule has 4 rings (SSSR count). The number of para-hydroxylation sites is 1. The van der Waals surface area contributed by atoms with E-state index in [0.717, 1.165) is 29.1 Å². The van der Waals surface area contributed by atoms with Crippen molar-refractivity contribution in [3.63, 3.8) is 0 Å². The first-order valence-corrected chi connectivity index (χ1v) is 11.9. The van der Waals surface area contributed by atoms with Crippen LogP contribution in [-0.4, -0.2) is 40.2 Å². The fourth-order valence-electron chi connectivity index (χ4n) is 3.79. The van der Waals surface area contributed by atoms with Gasteiger partial charge in [0.15, 0.2) is 5.16 Å². The molecule has 3 aromatic rings. The summed E-state index contributed by atoms with van der Waals surface area (Å²) in [6, 6.07) is 13.2. The van der Waals surface area contributed by atoms with Gasteiger partial charge in [0.05, 0.1) is 24.1 Å². The first kappa shape index (κ1) is 23.4. The van der Waals surface area contributed by atoms with Crippen LogP contribution in [0.5, 0.6) is 5.75 Å². The van der Waals surface area contributed by atoms with Crippen molar-refractivity contribution in [1.29, 1.82) is 0 Å². The smallest absolute Gasteiger partial charge is 0.256 e. The number of thioether (sulfide) groups is 1. The summed E-state index contributed by atoms with van der Waals surface area (Å²) in [5.41, 5.74) is 4.01.